The summed E-state index contributed by atoms with van der Waals surface area (Å²) in [7, 11) is 0. The van der Waals surface area contributed by atoms with Crippen LogP contribution in [0.4, 0.5) is 5.69 Å². The van der Waals surface area contributed by atoms with E-state index in [1.165, 1.54) is 17.6 Å². The molecule has 32 heavy (non-hydrogen) atoms. The van der Waals surface area contributed by atoms with Gasteiger partial charge in [0.05, 0.1) is 42.0 Å². The van der Waals surface area contributed by atoms with Crippen molar-refractivity contribution in [2.24, 2.45) is 15.9 Å². The van der Waals surface area contributed by atoms with Crippen molar-refractivity contribution in [3.05, 3.63) is 45.3 Å². The number of carbonyl (C=O) groups is 3. The normalized spacial score (nSPS) is 15.9. The Bertz CT molecular complexity index is 948. The van der Waals surface area contributed by atoms with E-state index in [0.29, 0.717) is 12.3 Å². The Hall–Kier alpha value is -3.16. The van der Waals surface area contributed by atoms with Crippen molar-refractivity contribution in [2.75, 3.05) is 13.2 Å². The van der Waals surface area contributed by atoms with Crippen molar-refractivity contribution in [3.63, 3.8) is 0 Å². The second kappa shape index (κ2) is 13.3. The molecule has 0 aliphatic carbocycles. The van der Waals surface area contributed by atoms with Crippen LogP contribution < -0.4 is 16.5 Å². The number of nitrogens with two attached hydrogens (primary N) is 1. The number of aliphatic imine (C=N–C) groups is 1. The van der Waals surface area contributed by atoms with Gasteiger partial charge in [-0.3, -0.25) is 19.4 Å². The molecule has 170 valence electrons. The molecular formula is C19H21BrN6O5S. The van der Waals surface area contributed by atoms with Crippen molar-refractivity contribution in [2.45, 2.75) is 18.6 Å². The van der Waals surface area contributed by atoms with E-state index in [1.807, 2.05) is 29.6 Å². The molecule has 13 heteroatoms. The lowest BCUT2D eigenvalue weighted by Crippen LogP contribution is -2.50. The minimum atomic E-state index is -0.781. The lowest BCUT2D eigenvalue weighted by Gasteiger charge is -2.17. The van der Waals surface area contributed by atoms with Gasteiger partial charge in [0.1, 0.15) is 6.04 Å². The summed E-state index contributed by atoms with van der Waals surface area (Å²) in [4.78, 5) is 41.5. The lowest BCUT2D eigenvalue weighted by molar-refractivity contribution is -0.129. The fourth-order valence-electron chi connectivity index (χ4n) is 2.32. The van der Waals surface area contributed by atoms with Crippen LogP contribution in [0, 0.1) is 0 Å². The molecule has 0 saturated carbocycles. The minimum absolute atomic E-state index is 0.0682. The van der Waals surface area contributed by atoms with Crippen molar-refractivity contribution < 1.29 is 24.2 Å². The van der Waals surface area contributed by atoms with Crippen LogP contribution in [-0.4, -0.2) is 65.6 Å². The highest BCUT2D eigenvalue weighted by Gasteiger charge is 2.34. The quantitative estimate of drug-likeness (QED) is 0.124. The summed E-state index contributed by atoms with van der Waals surface area (Å²) >= 11 is 4.78. The molecule has 2 amide bonds. The third kappa shape index (κ3) is 8.91. The summed E-state index contributed by atoms with van der Waals surface area (Å²) in [5.41, 5.74) is 3.49. The molecule has 0 radical (unpaired) electrons. The van der Waals surface area contributed by atoms with Crippen LogP contribution in [-0.2, 0) is 25.5 Å². The SMILES string of the molecule is N/N=C(\C=Nc1ccc(Br)cc1)CNC(=O)C(Cc1cscn1)NC(=O)C1CO1.O=CO. The first-order chi connectivity index (χ1) is 15.5. The first-order valence-electron chi connectivity index (χ1n) is 9.17. The summed E-state index contributed by atoms with van der Waals surface area (Å²) in [5.74, 6) is 4.72. The Labute approximate surface area is 195 Å². The maximum Gasteiger partial charge on any atom is 0.290 e. The van der Waals surface area contributed by atoms with Crippen molar-refractivity contribution >= 4 is 63.2 Å². The average molecular weight is 525 g/mol. The van der Waals surface area contributed by atoms with Crippen LogP contribution in [0.2, 0.25) is 0 Å². The number of hydrogen-bond donors (Lipinski definition) is 4. The standard InChI is InChI=1S/C18H19BrN6O3S.CH2O2/c19-11-1-3-12(4-2-11)21-6-14(25-20)7-22-17(26)15(5-13-9-29-10-23-13)24-18(27)16-8-28-16;2-1-3/h1-4,6,9-10,15-16H,5,7-8,20H2,(H,22,26)(H,24,27);1H,(H,2,3)/b21-6?,25-14+;. The van der Waals surface area contributed by atoms with E-state index in [2.05, 4.69) is 41.6 Å². The Morgan fingerprint density at radius 1 is 1.41 bits per heavy atom. The molecule has 0 spiro atoms. The van der Waals surface area contributed by atoms with Crippen LogP contribution in [0.25, 0.3) is 0 Å². The minimum Gasteiger partial charge on any atom is -0.483 e. The average Bonchev–Trinajstić information content (AvgIpc) is 3.52. The lowest BCUT2D eigenvalue weighted by atomic mass is 10.1. The van der Waals surface area contributed by atoms with E-state index in [4.69, 9.17) is 20.5 Å². The summed E-state index contributed by atoms with van der Waals surface area (Å²) < 4.78 is 5.92. The van der Waals surface area contributed by atoms with Gasteiger partial charge < -0.3 is 26.3 Å². The number of hydrogen-bond acceptors (Lipinski definition) is 9. The molecule has 0 bridgehead atoms. The van der Waals surface area contributed by atoms with Crippen LogP contribution >= 0.6 is 27.3 Å². The first kappa shape index (κ1) is 25.1. The van der Waals surface area contributed by atoms with Gasteiger partial charge in [0.2, 0.25) is 5.91 Å². The van der Waals surface area contributed by atoms with E-state index in [1.54, 1.807) is 5.51 Å². The van der Waals surface area contributed by atoms with Crippen LogP contribution in [0.1, 0.15) is 5.69 Å². The summed E-state index contributed by atoms with van der Waals surface area (Å²) in [6, 6.07) is 6.60. The van der Waals surface area contributed by atoms with Gasteiger partial charge in [-0.15, -0.1) is 11.3 Å². The molecule has 1 aromatic carbocycles. The zero-order valence-corrected chi connectivity index (χ0v) is 19.1. The fraction of sp³-hybridized carbons (Fsp3) is 0.263. The molecule has 2 aromatic rings. The predicted molar refractivity (Wildman–Crippen MR) is 123 cm³/mol. The van der Waals surface area contributed by atoms with Gasteiger partial charge in [0.25, 0.3) is 12.4 Å². The number of nitrogens with one attached hydrogen (secondary N) is 2. The number of benzene rings is 1. The number of amides is 2. The maximum atomic E-state index is 12.6. The largest absolute Gasteiger partial charge is 0.483 e. The van der Waals surface area contributed by atoms with E-state index in [-0.39, 0.29) is 31.3 Å². The van der Waals surface area contributed by atoms with Gasteiger partial charge in [-0.25, -0.2) is 4.98 Å². The zero-order valence-electron chi connectivity index (χ0n) is 16.7. The summed E-state index contributed by atoms with van der Waals surface area (Å²) in [6.45, 7) is 0.187. The number of carbonyl (C=O) groups excluding carboxylic acids is 2. The number of thiazole rings is 1. The molecule has 11 nitrogen and oxygen atoms in total. The number of epoxide rings is 1. The van der Waals surface area contributed by atoms with Crippen LogP contribution in [0.3, 0.4) is 0 Å². The zero-order chi connectivity index (χ0) is 23.3. The Morgan fingerprint density at radius 2 is 2.09 bits per heavy atom. The van der Waals surface area contributed by atoms with Crippen molar-refractivity contribution in [3.8, 4) is 0 Å². The molecule has 2 unspecified atom stereocenters. The molecule has 2 heterocycles. The number of carboxylic acid groups (broad SMARTS) is 1. The molecule has 5 N–H and O–H groups in total. The molecular weight excluding hydrogens is 504 g/mol. The highest BCUT2D eigenvalue weighted by Crippen LogP contribution is 2.16. The molecule has 1 aliphatic heterocycles. The van der Waals surface area contributed by atoms with Gasteiger partial charge in [0.15, 0.2) is 6.10 Å². The third-order valence-electron chi connectivity index (χ3n) is 3.95. The number of hydrazone groups is 1. The van der Waals surface area contributed by atoms with Gasteiger partial charge in [-0.2, -0.15) is 5.10 Å². The smallest absolute Gasteiger partial charge is 0.290 e. The predicted octanol–water partition coefficient (Wildman–Crippen LogP) is 0.866. The first-order valence-corrected chi connectivity index (χ1v) is 10.9. The number of aromatic nitrogens is 1. The monoisotopic (exact) mass is 524 g/mol. The molecule has 1 fully saturated rings. The molecule has 1 aliphatic rings. The van der Waals surface area contributed by atoms with Crippen LogP contribution in [0.15, 0.2) is 49.7 Å². The third-order valence-corrected chi connectivity index (χ3v) is 5.12. The molecule has 1 saturated heterocycles. The van der Waals surface area contributed by atoms with Gasteiger partial charge in [0, 0.05) is 16.3 Å². The Morgan fingerprint density at radius 3 is 2.66 bits per heavy atom. The highest BCUT2D eigenvalue weighted by atomic mass is 79.9. The van der Waals surface area contributed by atoms with Crippen molar-refractivity contribution in [1.82, 2.24) is 15.6 Å². The van der Waals surface area contributed by atoms with Gasteiger partial charge in [-0.1, -0.05) is 15.9 Å². The fourth-order valence-corrected chi connectivity index (χ4v) is 3.16. The number of ether oxygens (including phenoxy) is 1. The van der Waals surface area contributed by atoms with E-state index in [9.17, 15) is 9.59 Å². The van der Waals surface area contributed by atoms with Gasteiger partial charge >= 0.3 is 0 Å². The molecule has 2 atom stereocenters. The maximum absolute atomic E-state index is 12.6. The summed E-state index contributed by atoms with van der Waals surface area (Å²) in [6.07, 6.45) is 1.27. The molecule has 3 rings (SSSR count). The molecule has 1 aromatic heterocycles. The van der Waals surface area contributed by atoms with E-state index >= 15 is 0 Å². The second-order valence-electron chi connectivity index (χ2n) is 6.25. The Kier molecular flexibility index (Phi) is 10.4. The number of rotatable bonds is 9. The Balaban J connectivity index is 0.00000114. The van der Waals surface area contributed by atoms with E-state index in [0.717, 1.165) is 15.9 Å². The van der Waals surface area contributed by atoms with Gasteiger partial charge in [-0.05, 0) is 24.3 Å². The summed E-state index contributed by atoms with van der Waals surface area (Å²) in [5, 5.41) is 17.8. The highest BCUT2D eigenvalue weighted by molar-refractivity contribution is 9.10. The van der Waals surface area contributed by atoms with Crippen molar-refractivity contribution in [1.29, 1.82) is 0 Å². The number of nitrogens with zero attached hydrogens (tertiary/aromatic N) is 3. The number of halogens is 1. The topological polar surface area (TPSA) is 172 Å². The van der Waals surface area contributed by atoms with E-state index < -0.39 is 12.1 Å². The van der Waals surface area contributed by atoms with Crippen LogP contribution in [0.5, 0.6) is 0 Å². The second-order valence-corrected chi connectivity index (χ2v) is 7.88.